The minimum Gasteiger partial charge on any atom is -0.494 e. The van der Waals surface area contributed by atoms with Crippen molar-refractivity contribution in [2.45, 2.75) is 5.24 Å². The van der Waals surface area contributed by atoms with Crippen molar-refractivity contribution in [2.75, 3.05) is 45.1 Å². The maximum atomic E-state index is 13.3. The number of anilines is 4. The lowest BCUT2D eigenvalue weighted by molar-refractivity contribution is 0.0933. The Balaban J connectivity index is 1.68. The SMILES string of the molecule is BC(B)(B)NC(=O)c1cnc(Nc2ccc(OC)nn2)cc1Nc1cccc(-c2csc(C(=O)NCCOC)n2)c1OC. The zero-order valence-electron chi connectivity index (χ0n) is 24.8. The number of rotatable bonds is 13. The molecule has 0 aliphatic heterocycles. The van der Waals surface area contributed by atoms with E-state index >= 15 is 0 Å². The van der Waals surface area contributed by atoms with Gasteiger partial charge in [0, 0.05) is 42.9 Å². The molecule has 13 nitrogen and oxygen atoms in total. The number of benzene rings is 1. The van der Waals surface area contributed by atoms with Gasteiger partial charge in [-0.15, -0.1) is 21.5 Å². The summed E-state index contributed by atoms with van der Waals surface area (Å²) in [4.78, 5) is 34.7. The second kappa shape index (κ2) is 14.0. The number of thiazole rings is 1. The highest BCUT2D eigenvalue weighted by molar-refractivity contribution is 7.12. The molecule has 43 heavy (non-hydrogen) atoms. The van der Waals surface area contributed by atoms with Gasteiger partial charge in [-0.3, -0.25) is 9.59 Å². The maximum Gasteiger partial charge on any atom is 0.280 e. The highest BCUT2D eigenvalue weighted by Gasteiger charge is 2.22. The molecule has 17 heteroatoms. The van der Waals surface area contributed by atoms with Crippen molar-refractivity contribution < 1.29 is 23.8 Å². The summed E-state index contributed by atoms with van der Waals surface area (Å²) in [6.07, 6.45) is 1.48. The van der Waals surface area contributed by atoms with E-state index in [1.807, 2.05) is 41.7 Å². The Labute approximate surface area is 255 Å². The Morgan fingerprint density at radius 1 is 0.953 bits per heavy atom. The molecule has 0 atom stereocenters. The third-order valence-electron chi connectivity index (χ3n) is 5.80. The van der Waals surface area contributed by atoms with Crippen molar-refractivity contribution in [3.63, 3.8) is 0 Å². The van der Waals surface area contributed by atoms with E-state index in [0.29, 0.717) is 69.6 Å². The van der Waals surface area contributed by atoms with E-state index in [1.165, 1.54) is 24.6 Å². The van der Waals surface area contributed by atoms with Crippen LogP contribution in [-0.4, -0.2) is 95.2 Å². The van der Waals surface area contributed by atoms with Gasteiger partial charge >= 0.3 is 0 Å². The third-order valence-corrected chi connectivity index (χ3v) is 6.64. The van der Waals surface area contributed by atoms with Crippen LogP contribution in [-0.2, 0) is 4.74 Å². The molecular weight excluding hydrogens is 569 g/mol. The number of carbonyl (C=O) groups excluding carboxylic acids is 2. The molecule has 4 aromatic rings. The van der Waals surface area contributed by atoms with Crippen LogP contribution in [0.15, 0.2) is 48.0 Å². The average molecular weight is 600 g/mol. The molecule has 2 amide bonds. The summed E-state index contributed by atoms with van der Waals surface area (Å²) >= 11 is 1.23. The summed E-state index contributed by atoms with van der Waals surface area (Å²) in [6.45, 7) is 0.785. The standard InChI is InChI=1S/C26H31B3N8O5S/c1-40-10-9-30-24(39)25-33-18(13-43-25)14-5-4-6-16(22(14)42-3)32-17-11-20(34-19-7-8-21(41-2)37-36-19)31-12-15(17)23(38)35-26(27,28)29/h4-8,11-13H,9-10,27-29H2,1-3H3,(H,30,39)(H,35,38)(H2,31,32,34,36). The first-order chi connectivity index (χ1) is 20.6. The van der Waals surface area contributed by atoms with Crippen molar-refractivity contribution in [3.8, 4) is 22.9 Å². The van der Waals surface area contributed by atoms with E-state index in [9.17, 15) is 9.59 Å². The Morgan fingerprint density at radius 2 is 1.77 bits per heavy atom. The van der Waals surface area contributed by atoms with Crippen LogP contribution in [0.4, 0.5) is 23.0 Å². The highest BCUT2D eigenvalue weighted by Crippen LogP contribution is 2.39. The minimum absolute atomic E-state index is 0.283. The van der Waals surface area contributed by atoms with Gasteiger partial charge in [0.15, 0.2) is 16.6 Å². The van der Waals surface area contributed by atoms with Crippen LogP contribution in [0.1, 0.15) is 20.2 Å². The molecule has 3 aromatic heterocycles. The number of ether oxygens (including phenoxy) is 3. The summed E-state index contributed by atoms with van der Waals surface area (Å²) in [5, 5.41) is 21.9. The van der Waals surface area contributed by atoms with Gasteiger partial charge in [0.05, 0.1) is 43.5 Å². The molecule has 1 aromatic carbocycles. The van der Waals surface area contributed by atoms with Gasteiger partial charge < -0.3 is 35.5 Å². The number of methoxy groups -OCH3 is 3. The summed E-state index contributed by atoms with van der Waals surface area (Å²) in [5.74, 6) is 1.13. The first-order valence-electron chi connectivity index (χ1n) is 13.3. The molecule has 0 fully saturated rings. The number of aromatic nitrogens is 4. The number of amides is 2. The van der Waals surface area contributed by atoms with Crippen molar-refractivity contribution in [2.24, 2.45) is 0 Å². The van der Waals surface area contributed by atoms with Crippen molar-refractivity contribution >= 4 is 69.7 Å². The zero-order chi connectivity index (χ0) is 31.0. The molecule has 0 aliphatic rings. The molecule has 0 spiro atoms. The van der Waals surface area contributed by atoms with Crippen molar-refractivity contribution in [1.82, 2.24) is 30.8 Å². The normalized spacial score (nSPS) is 11.0. The summed E-state index contributed by atoms with van der Waals surface area (Å²) in [5.41, 5.74) is 2.60. The van der Waals surface area contributed by atoms with Crippen molar-refractivity contribution in [1.29, 1.82) is 0 Å². The maximum absolute atomic E-state index is 13.3. The van der Waals surface area contributed by atoms with Crippen LogP contribution < -0.4 is 30.7 Å². The molecule has 3 heterocycles. The lowest BCUT2D eigenvalue weighted by atomic mass is 9.49. The van der Waals surface area contributed by atoms with Crippen molar-refractivity contribution in [3.05, 3.63) is 58.5 Å². The van der Waals surface area contributed by atoms with Gasteiger partial charge in [-0.1, -0.05) is 6.07 Å². The molecule has 4 rings (SSSR count). The lowest BCUT2D eigenvalue weighted by Gasteiger charge is -2.22. The molecule has 0 saturated carbocycles. The topological polar surface area (TPSA) is 162 Å². The molecule has 0 aliphatic carbocycles. The van der Waals surface area contributed by atoms with Gasteiger partial charge in [0.2, 0.25) is 5.88 Å². The third kappa shape index (κ3) is 8.23. The summed E-state index contributed by atoms with van der Waals surface area (Å²) < 4.78 is 15.9. The molecule has 0 saturated heterocycles. The van der Waals surface area contributed by atoms with E-state index in [0.717, 1.165) is 0 Å². The van der Waals surface area contributed by atoms with E-state index < -0.39 is 5.24 Å². The lowest BCUT2D eigenvalue weighted by Crippen LogP contribution is -2.50. The van der Waals surface area contributed by atoms with Crippen LogP contribution in [0.3, 0.4) is 0 Å². The Kier molecular flexibility index (Phi) is 10.2. The Hall–Kier alpha value is -4.63. The van der Waals surface area contributed by atoms with E-state index in [4.69, 9.17) is 14.2 Å². The van der Waals surface area contributed by atoms with E-state index in [-0.39, 0.29) is 11.8 Å². The number of hydrogen-bond donors (Lipinski definition) is 4. The van der Waals surface area contributed by atoms with Crippen LogP contribution in [0.2, 0.25) is 0 Å². The first-order valence-corrected chi connectivity index (χ1v) is 14.1. The molecule has 0 radical (unpaired) electrons. The van der Waals surface area contributed by atoms with E-state index in [1.54, 1.807) is 37.8 Å². The van der Waals surface area contributed by atoms with Gasteiger partial charge in [-0.25, -0.2) is 9.97 Å². The molecule has 0 unspecified atom stereocenters. The number of nitrogens with one attached hydrogen (secondary N) is 4. The fourth-order valence-electron chi connectivity index (χ4n) is 3.89. The number of para-hydroxylation sites is 1. The summed E-state index contributed by atoms with van der Waals surface area (Å²) in [6, 6.07) is 10.6. The predicted octanol–water partition coefficient (Wildman–Crippen LogP) is 0.116. The largest absolute Gasteiger partial charge is 0.494 e. The van der Waals surface area contributed by atoms with Gasteiger partial charge in [-0.2, -0.15) is 0 Å². The summed E-state index contributed by atoms with van der Waals surface area (Å²) in [7, 11) is 10.3. The van der Waals surface area contributed by atoms with Gasteiger partial charge in [0.25, 0.3) is 11.8 Å². The Bertz CT molecular complexity index is 1580. The highest BCUT2D eigenvalue weighted by atomic mass is 32.1. The molecule has 220 valence electrons. The van der Waals surface area contributed by atoms with Crippen LogP contribution in [0.5, 0.6) is 11.6 Å². The minimum atomic E-state index is -0.472. The van der Waals surface area contributed by atoms with Gasteiger partial charge in [-0.05, 0) is 23.4 Å². The van der Waals surface area contributed by atoms with Crippen LogP contribution in [0.25, 0.3) is 11.3 Å². The van der Waals surface area contributed by atoms with Crippen LogP contribution >= 0.6 is 11.3 Å². The average Bonchev–Trinajstić information content (AvgIpc) is 3.47. The number of hydrogen-bond acceptors (Lipinski definition) is 12. The zero-order valence-corrected chi connectivity index (χ0v) is 25.6. The first kappa shape index (κ1) is 31.3. The van der Waals surface area contributed by atoms with Crippen LogP contribution in [0, 0.1) is 0 Å². The fraction of sp³-hybridized carbons (Fsp3) is 0.231. The quantitative estimate of drug-likeness (QED) is 0.122. The predicted molar refractivity (Wildman–Crippen MR) is 174 cm³/mol. The molecule has 0 bridgehead atoms. The number of nitrogens with zero attached hydrogens (tertiary/aromatic N) is 4. The smallest absolute Gasteiger partial charge is 0.280 e. The number of carbonyl (C=O) groups is 2. The molecule has 4 N–H and O–H groups in total. The second-order valence-corrected chi connectivity index (χ2v) is 11.1. The number of pyridine rings is 1. The fourth-order valence-corrected chi connectivity index (χ4v) is 4.62. The second-order valence-electron chi connectivity index (χ2n) is 10.2. The monoisotopic (exact) mass is 600 g/mol. The Morgan fingerprint density at radius 3 is 2.44 bits per heavy atom. The molecular formula is C26H31B3N8O5S. The van der Waals surface area contributed by atoms with E-state index in [2.05, 4.69) is 41.4 Å². The van der Waals surface area contributed by atoms with Gasteiger partial charge in [0.1, 0.15) is 29.4 Å².